The number of anilines is 1. The summed E-state index contributed by atoms with van der Waals surface area (Å²) >= 11 is 0. The average molecular weight is 353 g/mol. The van der Waals surface area contributed by atoms with E-state index >= 15 is 0 Å². The van der Waals surface area contributed by atoms with Crippen LogP contribution in [0, 0.1) is 5.82 Å². The lowest BCUT2D eigenvalue weighted by Gasteiger charge is -2.18. The van der Waals surface area contributed by atoms with Gasteiger partial charge in [-0.1, -0.05) is 12.1 Å². The Morgan fingerprint density at radius 3 is 2.65 bits per heavy atom. The van der Waals surface area contributed by atoms with E-state index in [1.165, 1.54) is 12.1 Å². The molecule has 2 heterocycles. The number of hydrogen-bond acceptors (Lipinski definition) is 3. The van der Waals surface area contributed by atoms with Gasteiger partial charge >= 0.3 is 0 Å². The van der Waals surface area contributed by atoms with E-state index in [1.54, 1.807) is 29.4 Å². The Bertz CT molecular complexity index is 846. The molecule has 1 aromatic heterocycles. The van der Waals surface area contributed by atoms with E-state index in [9.17, 15) is 14.0 Å². The molecule has 1 aliphatic heterocycles. The second-order valence-corrected chi connectivity index (χ2v) is 6.97. The lowest BCUT2D eigenvalue weighted by Crippen LogP contribution is -2.34. The topological polar surface area (TPSA) is 62.3 Å². The predicted octanol–water partition coefficient (Wildman–Crippen LogP) is 2.70. The van der Waals surface area contributed by atoms with Gasteiger partial charge in [-0.3, -0.25) is 14.6 Å². The van der Waals surface area contributed by atoms with Crippen molar-refractivity contribution >= 4 is 17.5 Å². The molecule has 2 fully saturated rings. The molecule has 1 N–H and O–H groups in total. The molecule has 1 aromatic carbocycles. The molecule has 6 heteroatoms. The highest BCUT2D eigenvalue weighted by molar-refractivity contribution is 5.95. The molecule has 26 heavy (non-hydrogen) atoms. The number of amides is 2. The summed E-state index contributed by atoms with van der Waals surface area (Å²) in [5.41, 5.74) is 1.94. The summed E-state index contributed by atoms with van der Waals surface area (Å²) in [6.07, 6.45) is 6.34. The lowest BCUT2D eigenvalue weighted by atomic mass is 9.95. The molecule has 2 aliphatic rings. The second kappa shape index (κ2) is 6.52. The minimum absolute atomic E-state index is 0.0493. The van der Waals surface area contributed by atoms with Crippen LogP contribution in [0.5, 0.6) is 0 Å². The van der Waals surface area contributed by atoms with E-state index in [-0.39, 0.29) is 17.6 Å². The highest BCUT2D eigenvalue weighted by Gasteiger charge is 2.51. The van der Waals surface area contributed by atoms with Crippen molar-refractivity contribution in [3.05, 3.63) is 59.7 Å². The van der Waals surface area contributed by atoms with E-state index < -0.39 is 5.41 Å². The van der Waals surface area contributed by atoms with Crippen LogP contribution in [0.25, 0.3) is 0 Å². The number of carbonyl (C=O) groups is 2. The minimum atomic E-state index is -0.538. The summed E-state index contributed by atoms with van der Waals surface area (Å²) in [6, 6.07) is 8.05. The van der Waals surface area contributed by atoms with Gasteiger partial charge in [-0.25, -0.2) is 4.39 Å². The number of nitrogens with one attached hydrogen (secondary N) is 1. The largest absolute Gasteiger partial charge is 0.351 e. The molecule has 4 rings (SSSR count). The van der Waals surface area contributed by atoms with E-state index in [0.29, 0.717) is 19.5 Å². The number of halogens is 1. The predicted molar refractivity (Wildman–Crippen MR) is 95.0 cm³/mol. The molecule has 2 aromatic rings. The molecular weight excluding hydrogens is 333 g/mol. The van der Waals surface area contributed by atoms with Crippen molar-refractivity contribution in [1.82, 2.24) is 10.3 Å². The fourth-order valence-electron chi connectivity index (χ4n) is 3.53. The maximum Gasteiger partial charge on any atom is 0.230 e. The van der Waals surface area contributed by atoms with Gasteiger partial charge in [-0.05, 0) is 48.6 Å². The van der Waals surface area contributed by atoms with Crippen molar-refractivity contribution in [3.8, 4) is 0 Å². The van der Waals surface area contributed by atoms with Crippen LogP contribution >= 0.6 is 0 Å². The number of hydrogen-bond donors (Lipinski definition) is 1. The Balaban J connectivity index is 1.43. The van der Waals surface area contributed by atoms with Gasteiger partial charge in [0.25, 0.3) is 0 Å². The molecule has 1 saturated carbocycles. The van der Waals surface area contributed by atoms with Gasteiger partial charge in [0.15, 0.2) is 0 Å². The monoisotopic (exact) mass is 353 g/mol. The molecule has 0 atom stereocenters. The molecule has 1 aliphatic carbocycles. The van der Waals surface area contributed by atoms with E-state index in [1.807, 2.05) is 6.07 Å². The second-order valence-electron chi connectivity index (χ2n) is 6.97. The molecule has 0 spiro atoms. The van der Waals surface area contributed by atoms with Crippen LogP contribution in [0.15, 0.2) is 42.7 Å². The third-order valence-electron chi connectivity index (χ3n) is 5.20. The first-order chi connectivity index (χ1) is 12.6. The molecule has 2 amide bonds. The molecule has 5 nitrogen and oxygen atoms in total. The zero-order chi connectivity index (χ0) is 18.1. The first-order valence-corrected chi connectivity index (χ1v) is 8.87. The number of nitrogens with zero attached hydrogens (tertiary/aromatic N) is 2. The third-order valence-corrected chi connectivity index (χ3v) is 5.20. The number of rotatable bonds is 5. The molecular formula is C20H20FN3O2. The zero-order valence-corrected chi connectivity index (χ0v) is 14.4. The standard InChI is InChI=1S/C20H20FN3O2/c21-16-5-3-15(4-6-16)20(7-8-20)19(26)23-12-14-10-17(13-22-11-14)24-9-1-2-18(24)25/h3-6,10-11,13H,1-2,7-9,12H2,(H,23,26). The Labute approximate surface area is 151 Å². The van der Waals surface area contributed by atoms with E-state index in [2.05, 4.69) is 10.3 Å². The van der Waals surface area contributed by atoms with Gasteiger partial charge in [0, 0.05) is 25.7 Å². The van der Waals surface area contributed by atoms with Crippen molar-refractivity contribution in [2.75, 3.05) is 11.4 Å². The summed E-state index contributed by atoms with van der Waals surface area (Å²) in [5, 5.41) is 2.97. The zero-order valence-electron chi connectivity index (χ0n) is 14.4. The first-order valence-electron chi connectivity index (χ1n) is 8.87. The van der Waals surface area contributed by atoms with Crippen LogP contribution in [0.3, 0.4) is 0 Å². The molecule has 0 radical (unpaired) electrons. The van der Waals surface area contributed by atoms with Crippen molar-refractivity contribution in [3.63, 3.8) is 0 Å². The van der Waals surface area contributed by atoms with Gasteiger partial charge in [0.05, 0.1) is 17.3 Å². The SMILES string of the molecule is O=C1CCCN1c1cncc(CNC(=O)C2(c3ccc(F)cc3)CC2)c1. The highest BCUT2D eigenvalue weighted by Crippen LogP contribution is 2.48. The Morgan fingerprint density at radius 2 is 2.00 bits per heavy atom. The van der Waals surface area contributed by atoms with Gasteiger partial charge < -0.3 is 10.2 Å². The van der Waals surface area contributed by atoms with Crippen LogP contribution < -0.4 is 10.2 Å². The van der Waals surface area contributed by atoms with Crippen LogP contribution in [-0.2, 0) is 21.5 Å². The summed E-state index contributed by atoms with van der Waals surface area (Å²) in [7, 11) is 0. The number of benzene rings is 1. The lowest BCUT2D eigenvalue weighted by molar-refractivity contribution is -0.123. The van der Waals surface area contributed by atoms with Crippen LogP contribution in [0.4, 0.5) is 10.1 Å². The summed E-state index contributed by atoms with van der Waals surface area (Å²) in [5.74, 6) is -0.239. The maximum atomic E-state index is 13.1. The third kappa shape index (κ3) is 3.07. The highest BCUT2D eigenvalue weighted by atomic mass is 19.1. The molecule has 134 valence electrons. The van der Waals surface area contributed by atoms with Crippen molar-refractivity contribution < 1.29 is 14.0 Å². The fourth-order valence-corrected chi connectivity index (χ4v) is 3.53. The molecule has 0 bridgehead atoms. The summed E-state index contributed by atoms with van der Waals surface area (Å²) in [4.78, 5) is 30.5. The van der Waals surface area contributed by atoms with Gasteiger partial charge in [-0.15, -0.1) is 0 Å². The van der Waals surface area contributed by atoms with Crippen LogP contribution in [0.2, 0.25) is 0 Å². The Morgan fingerprint density at radius 1 is 1.23 bits per heavy atom. The minimum Gasteiger partial charge on any atom is -0.351 e. The summed E-state index contributed by atoms with van der Waals surface area (Å²) in [6.45, 7) is 1.06. The average Bonchev–Trinajstić information content (AvgIpc) is 3.36. The van der Waals surface area contributed by atoms with Crippen LogP contribution in [-0.4, -0.2) is 23.3 Å². The maximum absolute atomic E-state index is 13.1. The van der Waals surface area contributed by atoms with Gasteiger partial charge in [0.2, 0.25) is 11.8 Å². The number of aromatic nitrogens is 1. The van der Waals surface area contributed by atoms with E-state index in [4.69, 9.17) is 0 Å². The molecule has 1 saturated heterocycles. The van der Waals surface area contributed by atoms with Crippen molar-refractivity contribution in [2.24, 2.45) is 0 Å². The fraction of sp³-hybridized carbons (Fsp3) is 0.350. The Hall–Kier alpha value is -2.76. The first kappa shape index (κ1) is 16.7. The van der Waals surface area contributed by atoms with Gasteiger partial charge in [0.1, 0.15) is 5.82 Å². The van der Waals surface area contributed by atoms with E-state index in [0.717, 1.165) is 36.1 Å². The smallest absolute Gasteiger partial charge is 0.230 e. The van der Waals surface area contributed by atoms with Crippen molar-refractivity contribution in [2.45, 2.75) is 37.6 Å². The van der Waals surface area contributed by atoms with Crippen molar-refractivity contribution in [1.29, 1.82) is 0 Å². The number of carbonyl (C=O) groups excluding carboxylic acids is 2. The summed E-state index contributed by atoms with van der Waals surface area (Å²) < 4.78 is 13.1. The quantitative estimate of drug-likeness (QED) is 0.899. The Kier molecular flexibility index (Phi) is 4.18. The molecule has 0 unspecified atom stereocenters. The normalized spacial score (nSPS) is 18.0. The van der Waals surface area contributed by atoms with Crippen LogP contribution in [0.1, 0.15) is 36.8 Å². The number of pyridine rings is 1. The van der Waals surface area contributed by atoms with Gasteiger partial charge in [-0.2, -0.15) is 0 Å².